The summed E-state index contributed by atoms with van der Waals surface area (Å²) in [5, 5.41) is 0. The number of methoxy groups -OCH3 is 1. The first-order chi connectivity index (χ1) is 4.57. The quantitative estimate of drug-likeness (QED) is 0.257. The third-order valence-electron chi connectivity index (χ3n) is 0.812. The Kier molecular flexibility index (Phi) is 5.09. The lowest BCUT2D eigenvalue weighted by atomic mass is 10.5. The second-order valence-electron chi connectivity index (χ2n) is 1.52. The van der Waals surface area contributed by atoms with Crippen LogP contribution in [0.1, 0.15) is 0 Å². The monoisotopic (exact) mass is 272 g/mol. The lowest BCUT2D eigenvalue weighted by Gasteiger charge is -2.11. The molecular weight excluding hydrogens is 262 g/mol. The van der Waals surface area contributed by atoms with E-state index >= 15 is 0 Å². The number of alkyl halides is 1. The molecule has 0 aromatic rings. The molecule has 0 radical (unpaired) electrons. The van der Waals surface area contributed by atoms with Gasteiger partial charge in [0.25, 0.3) is 0 Å². The van der Waals surface area contributed by atoms with Crippen LogP contribution in [0, 0.1) is 0 Å². The summed E-state index contributed by atoms with van der Waals surface area (Å²) < 4.78 is 9.93. The third kappa shape index (κ3) is 4.12. The Morgan fingerprint density at radius 2 is 2.00 bits per heavy atom. The predicted molar refractivity (Wildman–Crippen MR) is 53.9 cm³/mol. The first-order valence-corrected chi connectivity index (χ1v) is 4.47. The molecule has 0 rings (SSSR count). The van der Waals surface area contributed by atoms with Crippen molar-refractivity contribution < 1.29 is 9.47 Å². The van der Waals surface area contributed by atoms with Crippen molar-refractivity contribution in [3.63, 3.8) is 0 Å². The van der Waals surface area contributed by atoms with Crippen molar-refractivity contribution in [2.45, 2.75) is 3.85 Å². The maximum absolute atomic E-state index is 5.13. The highest BCUT2D eigenvalue weighted by atomic mass is 127. The molecule has 0 aliphatic heterocycles. The van der Waals surface area contributed by atoms with Crippen molar-refractivity contribution in [3.8, 4) is 0 Å². The number of hydrogen-bond acceptors (Lipinski definition) is 2. The molecule has 2 unspecified atom stereocenters. The van der Waals surface area contributed by atoms with Gasteiger partial charge in [0.1, 0.15) is 0 Å². The van der Waals surface area contributed by atoms with E-state index in [-0.39, 0.29) is 3.85 Å². The fourth-order valence-electron chi connectivity index (χ4n) is 0.315. The number of hydrogen-bond donors (Lipinski definition) is 0. The average molecular weight is 272 g/mol. The predicted octanol–water partition coefficient (Wildman–Crippen LogP) is 2.27. The second kappa shape index (κ2) is 4.97. The van der Waals surface area contributed by atoms with Gasteiger partial charge in [0.15, 0.2) is 15.4 Å². The highest BCUT2D eigenvalue weighted by molar-refractivity contribution is 14.1. The summed E-state index contributed by atoms with van der Waals surface area (Å²) >= 11 is 2.09. The molecule has 0 aliphatic rings. The van der Waals surface area contributed by atoms with E-state index in [1.807, 2.05) is 0 Å². The Labute approximate surface area is 77.0 Å². The molecule has 0 fully saturated rings. The molecule has 4 heteroatoms. The van der Waals surface area contributed by atoms with E-state index in [1.165, 1.54) is 7.11 Å². The summed E-state index contributed by atoms with van der Waals surface area (Å²) in [6.45, 7) is 7.17. The molecule has 0 aliphatic carbocycles. The summed E-state index contributed by atoms with van der Waals surface area (Å²) in [6, 6.07) is 0. The second-order valence-corrected chi connectivity index (χ2v) is 4.71. The summed E-state index contributed by atoms with van der Waals surface area (Å²) in [6.07, 6.45) is 0. The van der Waals surface area contributed by atoms with Crippen molar-refractivity contribution in [1.82, 2.24) is 0 Å². The highest BCUT2D eigenvalue weighted by Crippen LogP contribution is 2.18. The van der Waals surface area contributed by atoms with E-state index < -0.39 is 0 Å². The molecule has 58 valence electrons. The van der Waals surface area contributed by atoms with Gasteiger partial charge in [-0.1, -0.05) is 22.4 Å². The molecule has 0 N–H and O–H groups in total. The fraction of sp³-hybridized carbons (Fsp3) is 0.333. The van der Waals surface area contributed by atoms with Crippen LogP contribution < -0.4 is 0 Å². The van der Waals surface area contributed by atoms with Crippen LogP contribution in [0.2, 0.25) is 0 Å². The maximum atomic E-state index is 5.13. The van der Waals surface area contributed by atoms with Gasteiger partial charge in [0.2, 0.25) is 0 Å². The van der Waals surface area contributed by atoms with E-state index in [0.29, 0.717) is 11.5 Å². The molecule has 0 saturated carbocycles. The van der Waals surface area contributed by atoms with Crippen LogP contribution in [0.15, 0.2) is 24.7 Å². The topological polar surface area (TPSA) is 18.5 Å². The molecule has 0 bridgehead atoms. The Balaban J connectivity index is 3.74. The molecule has 0 heterocycles. The molecule has 2 nitrogen and oxygen atoms in total. The highest BCUT2D eigenvalue weighted by Gasteiger charge is 2.02. The largest absolute Gasteiger partial charge is 0.494 e. The van der Waals surface area contributed by atoms with E-state index in [2.05, 4.69) is 45.0 Å². The molecule has 0 saturated heterocycles. The molecule has 10 heavy (non-hydrogen) atoms. The van der Waals surface area contributed by atoms with Gasteiger partial charge in [-0.2, -0.15) is 0 Å². The lowest BCUT2D eigenvalue weighted by Crippen LogP contribution is -1.97. The minimum Gasteiger partial charge on any atom is -0.494 e. The summed E-state index contributed by atoms with van der Waals surface area (Å²) in [5.74, 6) is 0.931. The summed E-state index contributed by atoms with van der Waals surface area (Å²) in [7, 11) is 4.00. The van der Waals surface area contributed by atoms with Gasteiger partial charge < -0.3 is 9.47 Å². The lowest BCUT2D eigenvalue weighted by molar-refractivity contribution is 0.206. The van der Waals surface area contributed by atoms with Crippen LogP contribution >= 0.6 is 31.8 Å². The molecule has 0 aromatic carbocycles. The number of ether oxygens (including phenoxy) is 2. The van der Waals surface area contributed by atoms with Crippen LogP contribution in [0.5, 0.6) is 0 Å². The molecule has 2 atom stereocenters. The summed E-state index contributed by atoms with van der Waals surface area (Å²) in [4.78, 5) is 0. The first-order valence-electron chi connectivity index (χ1n) is 2.56. The zero-order valence-electron chi connectivity index (χ0n) is 5.76. The Morgan fingerprint density at radius 1 is 1.50 bits per heavy atom. The van der Waals surface area contributed by atoms with Gasteiger partial charge in [0.05, 0.1) is 7.11 Å². The van der Waals surface area contributed by atoms with Crippen LogP contribution in [-0.2, 0) is 9.47 Å². The van der Waals surface area contributed by atoms with Crippen LogP contribution in [0.3, 0.4) is 0 Å². The molecule has 0 amide bonds. The normalized spacial score (nSPS) is 11.9. The Morgan fingerprint density at radius 3 is 2.30 bits per heavy atom. The van der Waals surface area contributed by atoms with Crippen molar-refractivity contribution >= 4 is 31.8 Å². The molecule has 0 spiro atoms. The SMILES string of the molecule is C=C(OC)C(=C)OC(P)I. The zero-order chi connectivity index (χ0) is 8.15. The average Bonchev–Trinajstić information content (AvgIpc) is 1.85. The Hall–Kier alpha value is 0.240. The maximum Gasteiger partial charge on any atom is 0.161 e. The van der Waals surface area contributed by atoms with Crippen molar-refractivity contribution in [1.29, 1.82) is 0 Å². The Bertz CT molecular complexity index is 145. The van der Waals surface area contributed by atoms with Crippen LogP contribution in [0.4, 0.5) is 0 Å². The van der Waals surface area contributed by atoms with E-state index in [1.54, 1.807) is 0 Å². The molecular formula is C6H10IO2P. The zero-order valence-corrected chi connectivity index (χ0v) is 9.08. The van der Waals surface area contributed by atoms with Gasteiger partial charge in [-0.3, -0.25) is 0 Å². The molecule has 0 aromatic heterocycles. The smallest absolute Gasteiger partial charge is 0.161 e. The van der Waals surface area contributed by atoms with Gasteiger partial charge >= 0.3 is 0 Å². The van der Waals surface area contributed by atoms with Crippen LogP contribution in [-0.4, -0.2) is 11.0 Å². The number of rotatable bonds is 4. The van der Waals surface area contributed by atoms with Crippen molar-refractivity contribution in [2.75, 3.05) is 7.11 Å². The summed E-state index contributed by atoms with van der Waals surface area (Å²) in [5.41, 5.74) is 0. The standard InChI is InChI=1S/C6H10IO2P/c1-4(8-3)5(2)9-6(7)10/h6H,1-2,10H2,3H3. The van der Waals surface area contributed by atoms with Crippen molar-refractivity contribution in [2.24, 2.45) is 0 Å². The fourth-order valence-corrected chi connectivity index (χ4v) is 0.787. The van der Waals surface area contributed by atoms with Crippen LogP contribution in [0.25, 0.3) is 0 Å². The van der Waals surface area contributed by atoms with Gasteiger partial charge in [-0.25, -0.2) is 0 Å². The third-order valence-corrected chi connectivity index (χ3v) is 1.20. The van der Waals surface area contributed by atoms with E-state index in [9.17, 15) is 0 Å². The van der Waals surface area contributed by atoms with E-state index in [4.69, 9.17) is 9.47 Å². The van der Waals surface area contributed by atoms with Crippen molar-refractivity contribution in [3.05, 3.63) is 24.7 Å². The van der Waals surface area contributed by atoms with E-state index in [0.717, 1.165) is 0 Å². The van der Waals surface area contributed by atoms with Gasteiger partial charge in [-0.15, -0.1) is 0 Å². The van der Waals surface area contributed by atoms with Gasteiger partial charge in [-0.05, 0) is 22.6 Å². The minimum atomic E-state index is 0.0111. The minimum absolute atomic E-state index is 0.0111. The number of halogens is 1. The first kappa shape index (κ1) is 10.2. The van der Waals surface area contributed by atoms with Gasteiger partial charge in [0, 0.05) is 0 Å².